The molecule has 0 aliphatic carbocycles. The lowest BCUT2D eigenvalue weighted by atomic mass is 10.0. The lowest BCUT2D eigenvalue weighted by molar-refractivity contribution is -0.137. The predicted octanol–water partition coefficient (Wildman–Crippen LogP) is 6.56. The maximum Gasteiger partial charge on any atom is 0.416 e. The summed E-state index contributed by atoms with van der Waals surface area (Å²) in [5.74, 6) is 0. The highest BCUT2D eigenvalue weighted by Gasteiger charge is 2.30. The van der Waals surface area contributed by atoms with Crippen molar-refractivity contribution in [2.24, 2.45) is 0 Å². The molecule has 0 heterocycles. The van der Waals surface area contributed by atoms with Crippen LogP contribution in [-0.2, 0) is 6.18 Å². The number of benzene rings is 2. The average molecular weight is 428 g/mol. The van der Waals surface area contributed by atoms with Crippen molar-refractivity contribution >= 4 is 43.5 Å². The van der Waals surface area contributed by atoms with Crippen LogP contribution in [0.2, 0.25) is 0 Å². The van der Waals surface area contributed by atoms with E-state index in [1.54, 1.807) is 0 Å². The Labute approximate surface area is 136 Å². The maximum atomic E-state index is 12.5. The zero-order valence-electron chi connectivity index (χ0n) is 9.89. The topological polar surface area (TPSA) is 0 Å². The molecule has 0 radical (unpaired) electrons. The van der Waals surface area contributed by atoms with Gasteiger partial charge in [-0.05, 0) is 41.5 Å². The van der Waals surface area contributed by atoms with Gasteiger partial charge in [0.05, 0.1) is 10.9 Å². The molecule has 0 fully saturated rings. The molecule has 6 heteroatoms. The average Bonchev–Trinajstić information content (AvgIpc) is 2.40. The third-order valence-corrected chi connectivity index (χ3v) is 4.46. The second-order valence-corrected chi connectivity index (χ2v) is 6.35. The van der Waals surface area contributed by atoms with Crippen molar-refractivity contribution in [3.63, 3.8) is 0 Å². The summed E-state index contributed by atoms with van der Waals surface area (Å²) in [5, 5.41) is -0.524. The molecule has 0 spiro atoms. The fourth-order valence-electron chi connectivity index (χ4n) is 1.73. The van der Waals surface area contributed by atoms with E-state index in [4.69, 9.17) is 11.6 Å². The zero-order valence-corrected chi connectivity index (χ0v) is 13.8. The van der Waals surface area contributed by atoms with Gasteiger partial charge in [-0.2, -0.15) is 13.2 Å². The molecule has 20 heavy (non-hydrogen) atoms. The van der Waals surface area contributed by atoms with E-state index in [1.165, 1.54) is 12.1 Å². The quantitative estimate of drug-likeness (QED) is 0.475. The molecule has 0 aliphatic heterocycles. The first kappa shape index (κ1) is 15.9. The van der Waals surface area contributed by atoms with Crippen LogP contribution >= 0.6 is 43.5 Å². The first-order chi connectivity index (χ1) is 9.29. The Balaban J connectivity index is 2.34. The minimum atomic E-state index is -4.34. The molecule has 2 aromatic carbocycles. The second-order valence-electron chi connectivity index (χ2n) is 4.15. The molecule has 0 nitrogen and oxygen atoms in total. The summed E-state index contributed by atoms with van der Waals surface area (Å²) >= 11 is 13.1. The van der Waals surface area contributed by atoms with Crippen LogP contribution in [0.5, 0.6) is 0 Å². The van der Waals surface area contributed by atoms with Gasteiger partial charge < -0.3 is 0 Å². The molecular formula is C14H8Br2ClF3. The number of rotatable bonds is 2. The highest BCUT2D eigenvalue weighted by atomic mass is 79.9. The van der Waals surface area contributed by atoms with E-state index in [0.29, 0.717) is 5.56 Å². The second kappa shape index (κ2) is 6.08. The lowest BCUT2D eigenvalue weighted by Crippen LogP contribution is -2.05. The minimum Gasteiger partial charge on any atom is -0.166 e. The summed E-state index contributed by atoms with van der Waals surface area (Å²) in [6, 6.07) is 10.4. The molecule has 2 rings (SSSR count). The molecular weight excluding hydrogens is 420 g/mol. The Hall–Kier alpha value is -0.520. The fraction of sp³-hybridized carbons (Fsp3) is 0.143. The van der Waals surface area contributed by atoms with Gasteiger partial charge in [-0.1, -0.05) is 44.0 Å². The molecule has 1 atom stereocenters. The van der Waals surface area contributed by atoms with Crippen molar-refractivity contribution in [1.82, 2.24) is 0 Å². The third kappa shape index (κ3) is 3.57. The molecule has 0 N–H and O–H groups in total. The molecule has 106 valence electrons. The van der Waals surface area contributed by atoms with Gasteiger partial charge in [0.1, 0.15) is 0 Å². The SMILES string of the molecule is FC(F)(F)c1ccc(C(Cl)c2cc(Br)ccc2Br)cc1. The molecule has 1 unspecified atom stereocenters. The van der Waals surface area contributed by atoms with Gasteiger partial charge in [0.2, 0.25) is 0 Å². The van der Waals surface area contributed by atoms with Gasteiger partial charge in [-0.15, -0.1) is 11.6 Å². The number of halogens is 6. The van der Waals surface area contributed by atoms with Gasteiger partial charge in [0.15, 0.2) is 0 Å². The smallest absolute Gasteiger partial charge is 0.166 e. The van der Waals surface area contributed by atoms with E-state index >= 15 is 0 Å². The summed E-state index contributed by atoms with van der Waals surface area (Å²) < 4.78 is 39.2. The summed E-state index contributed by atoms with van der Waals surface area (Å²) in [5.41, 5.74) is 0.720. The van der Waals surface area contributed by atoms with Crippen LogP contribution in [0.15, 0.2) is 51.4 Å². The van der Waals surface area contributed by atoms with E-state index in [9.17, 15) is 13.2 Å². The van der Waals surface area contributed by atoms with Crippen LogP contribution in [0, 0.1) is 0 Å². The molecule has 0 saturated heterocycles. The fourth-order valence-corrected chi connectivity index (χ4v) is 3.04. The van der Waals surface area contributed by atoms with E-state index in [1.807, 2.05) is 18.2 Å². The standard InChI is InChI=1S/C14H8Br2ClF3/c15-10-5-6-12(16)11(7-10)13(17)8-1-3-9(4-2-8)14(18,19)20/h1-7,13H. The number of hydrogen-bond acceptors (Lipinski definition) is 0. The van der Waals surface area contributed by atoms with E-state index < -0.39 is 17.1 Å². The van der Waals surface area contributed by atoms with Crippen molar-refractivity contribution < 1.29 is 13.2 Å². The van der Waals surface area contributed by atoms with Crippen LogP contribution in [0.25, 0.3) is 0 Å². The molecule has 0 bridgehead atoms. The van der Waals surface area contributed by atoms with Crippen LogP contribution < -0.4 is 0 Å². The van der Waals surface area contributed by atoms with Crippen molar-refractivity contribution in [3.8, 4) is 0 Å². The highest BCUT2D eigenvalue weighted by molar-refractivity contribution is 9.11. The van der Waals surface area contributed by atoms with Crippen LogP contribution in [0.3, 0.4) is 0 Å². The number of hydrogen-bond donors (Lipinski definition) is 0. The minimum absolute atomic E-state index is 0.524. The monoisotopic (exact) mass is 426 g/mol. The van der Waals surface area contributed by atoms with Crippen molar-refractivity contribution in [2.45, 2.75) is 11.6 Å². The van der Waals surface area contributed by atoms with Gasteiger partial charge >= 0.3 is 6.18 Å². The predicted molar refractivity (Wildman–Crippen MR) is 81.0 cm³/mol. The van der Waals surface area contributed by atoms with E-state index in [0.717, 1.165) is 26.6 Å². The van der Waals surface area contributed by atoms with E-state index in [-0.39, 0.29) is 0 Å². The lowest BCUT2D eigenvalue weighted by Gasteiger charge is -2.14. The van der Waals surface area contributed by atoms with Crippen LogP contribution in [0.1, 0.15) is 22.1 Å². The van der Waals surface area contributed by atoms with Crippen molar-refractivity contribution in [2.75, 3.05) is 0 Å². The Morgan fingerprint density at radius 3 is 2.10 bits per heavy atom. The van der Waals surface area contributed by atoms with E-state index in [2.05, 4.69) is 31.9 Å². The first-order valence-corrected chi connectivity index (χ1v) is 7.57. The summed E-state index contributed by atoms with van der Waals surface area (Å²) in [6.07, 6.45) is -4.34. The molecule has 0 saturated carbocycles. The zero-order chi connectivity index (χ0) is 14.9. The van der Waals surface area contributed by atoms with Gasteiger partial charge in [0.25, 0.3) is 0 Å². The maximum absolute atomic E-state index is 12.5. The highest BCUT2D eigenvalue weighted by Crippen LogP contribution is 2.37. The third-order valence-electron chi connectivity index (χ3n) is 2.76. The van der Waals surface area contributed by atoms with Crippen LogP contribution in [0.4, 0.5) is 13.2 Å². The van der Waals surface area contributed by atoms with Gasteiger partial charge in [0, 0.05) is 8.95 Å². The molecule has 0 aliphatic rings. The van der Waals surface area contributed by atoms with Gasteiger partial charge in [-0.3, -0.25) is 0 Å². The molecule has 0 aromatic heterocycles. The summed E-state index contributed by atoms with van der Waals surface area (Å²) in [7, 11) is 0. The first-order valence-electron chi connectivity index (χ1n) is 5.55. The molecule has 0 amide bonds. The Morgan fingerprint density at radius 2 is 1.55 bits per heavy atom. The van der Waals surface area contributed by atoms with Crippen LogP contribution in [-0.4, -0.2) is 0 Å². The normalized spacial score (nSPS) is 13.3. The number of alkyl halides is 4. The van der Waals surface area contributed by atoms with Crippen molar-refractivity contribution in [1.29, 1.82) is 0 Å². The van der Waals surface area contributed by atoms with Gasteiger partial charge in [-0.25, -0.2) is 0 Å². The van der Waals surface area contributed by atoms with Crippen molar-refractivity contribution in [3.05, 3.63) is 68.1 Å². The molecule has 2 aromatic rings. The summed E-state index contributed by atoms with van der Waals surface area (Å²) in [6.45, 7) is 0. The Kier molecular flexibility index (Phi) is 4.82. The largest absolute Gasteiger partial charge is 0.416 e. The summed E-state index contributed by atoms with van der Waals surface area (Å²) in [4.78, 5) is 0. The Bertz CT molecular complexity index is 609. The Morgan fingerprint density at radius 1 is 0.950 bits per heavy atom.